The summed E-state index contributed by atoms with van der Waals surface area (Å²) in [6.07, 6.45) is 4.47. The third-order valence-corrected chi connectivity index (χ3v) is 3.85. The molecule has 3 rings (SSSR count). The molecule has 5 heteroatoms. The summed E-state index contributed by atoms with van der Waals surface area (Å²) in [5, 5.41) is 4.07. The minimum absolute atomic E-state index is 0.274. The lowest BCUT2D eigenvalue weighted by molar-refractivity contribution is 0.0773. The first kappa shape index (κ1) is 11.2. The molecular weight excluding hydrogens is 218 g/mol. The highest BCUT2D eigenvalue weighted by atomic mass is 16.5. The van der Waals surface area contributed by atoms with E-state index in [1.165, 1.54) is 0 Å². The fourth-order valence-electron chi connectivity index (χ4n) is 2.42. The highest BCUT2D eigenvalue weighted by Gasteiger charge is 2.44. The number of hydrogen-bond acceptors (Lipinski definition) is 5. The Kier molecular flexibility index (Phi) is 2.67. The maximum atomic E-state index is 6.26. The molecule has 94 valence electrons. The fourth-order valence-corrected chi connectivity index (χ4v) is 2.42. The van der Waals surface area contributed by atoms with E-state index < -0.39 is 5.54 Å². The first-order valence-corrected chi connectivity index (χ1v) is 6.38. The van der Waals surface area contributed by atoms with E-state index in [1.54, 1.807) is 0 Å². The van der Waals surface area contributed by atoms with Crippen LogP contribution in [0.4, 0.5) is 0 Å². The van der Waals surface area contributed by atoms with Crippen molar-refractivity contribution in [2.45, 2.75) is 44.1 Å². The van der Waals surface area contributed by atoms with Crippen molar-refractivity contribution in [1.29, 1.82) is 0 Å². The summed E-state index contributed by atoms with van der Waals surface area (Å²) < 4.78 is 10.8. The Morgan fingerprint density at radius 1 is 1.35 bits per heavy atom. The van der Waals surface area contributed by atoms with Crippen molar-refractivity contribution in [1.82, 2.24) is 10.1 Å². The summed E-state index contributed by atoms with van der Waals surface area (Å²) in [5.41, 5.74) is 5.80. The largest absolute Gasteiger partial charge is 0.381 e. The highest BCUT2D eigenvalue weighted by molar-refractivity contribution is 5.09. The predicted octanol–water partition coefficient (Wildman–Crippen LogP) is 1.55. The second kappa shape index (κ2) is 4.07. The molecule has 2 unspecified atom stereocenters. The van der Waals surface area contributed by atoms with Crippen LogP contribution in [0, 0.1) is 5.92 Å². The van der Waals surface area contributed by atoms with E-state index in [1.807, 2.05) is 6.92 Å². The molecule has 1 saturated heterocycles. The number of rotatable bonds is 3. The molecule has 0 spiro atoms. The van der Waals surface area contributed by atoms with Gasteiger partial charge in [-0.25, -0.2) is 0 Å². The molecule has 0 aromatic carbocycles. The monoisotopic (exact) mass is 237 g/mol. The summed E-state index contributed by atoms with van der Waals surface area (Å²) in [6.45, 7) is 3.53. The molecule has 1 aliphatic heterocycles. The molecule has 1 saturated carbocycles. The maximum absolute atomic E-state index is 6.26. The molecule has 0 bridgehead atoms. The van der Waals surface area contributed by atoms with Gasteiger partial charge in [0, 0.05) is 12.5 Å². The number of nitrogens with zero attached hydrogens (tertiary/aromatic N) is 2. The minimum atomic E-state index is -0.458. The van der Waals surface area contributed by atoms with E-state index in [-0.39, 0.29) is 5.92 Å². The van der Waals surface area contributed by atoms with Crippen molar-refractivity contribution in [2.75, 3.05) is 13.2 Å². The van der Waals surface area contributed by atoms with E-state index in [2.05, 4.69) is 10.1 Å². The van der Waals surface area contributed by atoms with E-state index in [0.29, 0.717) is 18.4 Å². The molecule has 2 N–H and O–H groups in total. The lowest BCUT2D eigenvalue weighted by Gasteiger charge is -2.20. The topological polar surface area (TPSA) is 74.2 Å². The molecule has 5 nitrogen and oxygen atoms in total. The predicted molar refractivity (Wildman–Crippen MR) is 61.4 cm³/mol. The highest BCUT2D eigenvalue weighted by Crippen LogP contribution is 2.43. The Balaban J connectivity index is 1.77. The molecular formula is C12H19N3O2. The fraction of sp³-hybridized carbons (Fsp3) is 0.833. The van der Waals surface area contributed by atoms with Gasteiger partial charge in [-0.3, -0.25) is 0 Å². The Morgan fingerprint density at radius 2 is 2.18 bits per heavy atom. The second-order valence-corrected chi connectivity index (χ2v) is 5.43. The van der Waals surface area contributed by atoms with Gasteiger partial charge in [-0.05, 0) is 38.5 Å². The molecule has 1 aromatic rings. The average Bonchev–Trinajstić information content (AvgIpc) is 3.08. The van der Waals surface area contributed by atoms with Crippen LogP contribution in [-0.4, -0.2) is 23.4 Å². The number of hydrogen-bond donors (Lipinski definition) is 1. The van der Waals surface area contributed by atoms with Crippen LogP contribution in [0.2, 0.25) is 0 Å². The summed E-state index contributed by atoms with van der Waals surface area (Å²) in [6, 6.07) is 0. The van der Waals surface area contributed by atoms with Gasteiger partial charge >= 0.3 is 0 Å². The van der Waals surface area contributed by atoms with Crippen LogP contribution in [0.1, 0.15) is 50.2 Å². The van der Waals surface area contributed by atoms with Crippen LogP contribution in [0.5, 0.6) is 0 Å². The first-order chi connectivity index (χ1) is 8.18. The molecule has 2 heterocycles. The zero-order valence-electron chi connectivity index (χ0n) is 10.2. The summed E-state index contributed by atoms with van der Waals surface area (Å²) in [7, 11) is 0. The number of ether oxygens (including phenoxy) is 1. The van der Waals surface area contributed by atoms with E-state index in [0.717, 1.165) is 38.1 Å². The van der Waals surface area contributed by atoms with Crippen molar-refractivity contribution < 1.29 is 9.26 Å². The lowest BCUT2D eigenvalue weighted by Crippen LogP contribution is -2.35. The van der Waals surface area contributed by atoms with Crippen molar-refractivity contribution in [3.05, 3.63) is 11.7 Å². The molecule has 0 radical (unpaired) electrons. The van der Waals surface area contributed by atoms with Gasteiger partial charge in [-0.2, -0.15) is 4.98 Å². The third-order valence-electron chi connectivity index (χ3n) is 3.85. The van der Waals surface area contributed by atoms with Crippen LogP contribution in [0.25, 0.3) is 0 Å². The van der Waals surface area contributed by atoms with Gasteiger partial charge in [0.2, 0.25) is 5.89 Å². The van der Waals surface area contributed by atoms with Crippen LogP contribution in [0.3, 0.4) is 0 Å². The van der Waals surface area contributed by atoms with Crippen molar-refractivity contribution in [2.24, 2.45) is 11.7 Å². The Labute approximate surface area is 101 Å². The normalized spacial score (nSPS) is 28.9. The molecule has 0 amide bonds. The summed E-state index contributed by atoms with van der Waals surface area (Å²) >= 11 is 0. The first-order valence-electron chi connectivity index (χ1n) is 6.38. The van der Waals surface area contributed by atoms with E-state index >= 15 is 0 Å². The Morgan fingerprint density at radius 3 is 2.82 bits per heavy atom. The van der Waals surface area contributed by atoms with Gasteiger partial charge in [-0.1, -0.05) is 5.16 Å². The molecule has 1 aliphatic carbocycles. The molecule has 2 aliphatic rings. The van der Waals surface area contributed by atoms with Gasteiger partial charge < -0.3 is 15.0 Å². The standard InChI is InChI=1S/C12H19N3O2/c1-12(13,9-4-5-9)11-14-10(15-17-11)8-3-2-6-16-7-8/h8-9H,2-7,13H2,1H3. The van der Waals surface area contributed by atoms with Gasteiger partial charge in [0.05, 0.1) is 12.1 Å². The number of nitrogens with two attached hydrogens (primary N) is 1. The average molecular weight is 237 g/mol. The van der Waals surface area contributed by atoms with Crippen LogP contribution in [0.15, 0.2) is 4.52 Å². The SMILES string of the molecule is CC(N)(c1nc(C2CCCOC2)no1)C1CC1. The lowest BCUT2D eigenvalue weighted by atomic mass is 9.97. The van der Waals surface area contributed by atoms with Crippen molar-refractivity contribution in [3.8, 4) is 0 Å². The van der Waals surface area contributed by atoms with Gasteiger partial charge in [0.15, 0.2) is 5.82 Å². The van der Waals surface area contributed by atoms with Crippen molar-refractivity contribution in [3.63, 3.8) is 0 Å². The Bertz CT molecular complexity index is 392. The second-order valence-electron chi connectivity index (χ2n) is 5.43. The summed E-state index contributed by atoms with van der Waals surface area (Å²) in [5.74, 6) is 2.12. The zero-order valence-corrected chi connectivity index (χ0v) is 10.2. The molecule has 2 atom stereocenters. The minimum Gasteiger partial charge on any atom is -0.381 e. The Hall–Kier alpha value is -0.940. The van der Waals surface area contributed by atoms with Crippen LogP contribution >= 0.6 is 0 Å². The van der Waals surface area contributed by atoms with Crippen LogP contribution < -0.4 is 5.73 Å². The van der Waals surface area contributed by atoms with Crippen LogP contribution in [-0.2, 0) is 10.3 Å². The quantitative estimate of drug-likeness (QED) is 0.863. The van der Waals surface area contributed by atoms with Gasteiger partial charge in [-0.15, -0.1) is 0 Å². The van der Waals surface area contributed by atoms with Gasteiger partial charge in [0.1, 0.15) is 0 Å². The van der Waals surface area contributed by atoms with E-state index in [4.69, 9.17) is 15.0 Å². The zero-order chi connectivity index (χ0) is 11.9. The summed E-state index contributed by atoms with van der Waals surface area (Å²) in [4.78, 5) is 4.48. The molecule has 17 heavy (non-hydrogen) atoms. The molecule has 2 fully saturated rings. The maximum Gasteiger partial charge on any atom is 0.246 e. The smallest absolute Gasteiger partial charge is 0.246 e. The third kappa shape index (κ3) is 2.09. The molecule has 1 aromatic heterocycles. The van der Waals surface area contributed by atoms with E-state index in [9.17, 15) is 0 Å². The number of aromatic nitrogens is 2. The van der Waals surface area contributed by atoms with Gasteiger partial charge in [0.25, 0.3) is 0 Å². The van der Waals surface area contributed by atoms with Crippen molar-refractivity contribution >= 4 is 0 Å².